The van der Waals surface area contributed by atoms with Gasteiger partial charge in [-0.05, 0) is 55.7 Å². The maximum absolute atomic E-state index is 13.8. The lowest BCUT2D eigenvalue weighted by Gasteiger charge is -2.11. The van der Waals surface area contributed by atoms with E-state index in [-0.39, 0.29) is 23.4 Å². The number of aliphatic imine (C=N–C) groups is 1. The minimum Gasteiger partial charge on any atom is -0.309 e. The molecule has 0 unspecified atom stereocenters. The molecule has 0 bridgehead atoms. The second-order valence-electron chi connectivity index (χ2n) is 7.49. The molecule has 1 aliphatic rings. The molecule has 6 nitrogen and oxygen atoms in total. The van der Waals surface area contributed by atoms with Crippen LogP contribution in [0.3, 0.4) is 0 Å². The zero-order chi connectivity index (χ0) is 22.9. The number of hydrogen-bond donors (Lipinski definition) is 3. The molecule has 0 aliphatic heterocycles. The van der Waals surface area contributed by atoms with Gasteiger partial charge in [0.2, 0.25) is 5.96 Å². The molecule has 166 valence electrons. The van der Waals surface area contributed by atoms with Gasteiger partial charge >= 0.3 is 6.18 Å². The van der Waals surface area contributed by atoms with Crippen molar-refractivity contribution in [3.63, 3.8) is 0 Å². The Labute approximate surface area is 180 Å². The van der Waals surface area contributed by atoms with Crippen molar-refractivity contribution in [2.24, 2.45) is 4.99 Å². The number of aromatic amines is 1. The third-order valence-electron chi connectivity index (χ3n) is 4.87. The Balaban J connectivity index is 1.48. The zero-order valence-electron chi connectivity index (χ0n) is 16.9. The van der Waals surface area contributed by atoms with Crippen molar-refractivity contribution < 1.29 is 22.4 Å². The molecule has 3 aromatic rings. The van der Waals surface area contributed by atoms with Crippen LogP contribution in [0.25, 0.3) is 11.3 Å². The molecule has 0 atom stereocenters. The van der Waals surface area contributed by atoms with Gasteiger partial charge in [-0.3, -0.25) is 15.2 Å². The number of anilines is 1. The van der Waals surface area contributed by atoms with Crippen LogP contribution in [0.4, 0.5) is 23.4 Å². The summed E-state index contributed by atoms with van der Waals surface area (Å²) in [6, 6.07) is 10.4. The van der Waals surface area contributed by atoms with E-state index in [1.165, 1.54) is 6.07 Å². The van der Waals surface area contributed by atoms with Crippen LogP contribution in [0, 0.1) is 12.7 Å². The van der Waals surface area contributed by atoms with Crippen molar-refractivity contribution in [2.75, 3.05) is 5.32 Å². The molecule has 4 rings (SSSR count). The highest BCUT2D eigenvalue weighted by Crippen LogP contribution is 2.29. The van der Waals surface area contributed by atoms with Gasteiger partial charge in [0.15, 0.2) is 5.82 Å². The summed E-state index contributed by atoms with van der Waals surface area (Å²) in [5.41, 5.74) is 0.905. The van der Waals surface area contributed by atoms with E-state index in [1.807, 2.05) is 0 Å². The number of aryl methyl sites for hydroxylation is 1. The highest BCUT2D eigenvalue weighted by atomic mass is 19.4. The number of nitrogens with zero attached hydrogens (tertiary/aromatic N) is 2. The second-order valence-corrected chi connectivity index (χ2v) is 7.49. The van der Waals surface area contributed by atoms with Gasteiger partial charge in [-0.2, -0.15) is 18.3 Å². The third-order valence-corrected chi connectivity index (χ3v) is 4.87. The number of alkyl halides is 3. The summed E-state index contributed by atoms with van der Waals surface area (Å²) in [4.78, 5) is 16.9. The number of nitrogens with one attached hydrogen (secondary N) is 3. The van der Waals surface area contributed by atoms with Gasteiger partial charge in [0.25, 0.3) is 5.91 Å². The Morgan fingerprint density at radius 3 is 2.47 bits per heavy atom. The average Bonchev–Trinajstić information content (AvgIpc) is 3.44. The molecule has 0 radical (unpaired) electrons. The minimum atomic E-state index is -4.48. The van der Waals surface area contributed by atoms with Crippen LogP contribution in [0.5, 0.6) is 0 Å². The molecular weight excluding hydrogens is 426 g/mol. The van der Waals surface area contributed by atoms with Crippen LogP contribution in [0.1, 0.15) is 34.3 Å². The fourth-order valence-corrected chi connectivity index (χ4v) is 2.89. The molecular formula is C22H19F4N5O. The number of guanidine groups is 1. The minimum absolute atomic E-state index is 0.0509. The van der Waals surface area contributed by atoms with E-state index < -0.39 is 17.6 Å². The quantitative estimate of drug-likeness (QED) is 0.303. The standard InChI is InChI=1S/C22H19F4N5O/c1-12-2-3-14(10-17(12)23)18-11-19(31-30-18)28-21(27-16-8-9-16)29-20(32)13-4-6-15(7-5-13)22(24,25)26/h2-7,10-11,16H,8-9H2,1H3,(H3,27,28,29,30,31,32). The summed E-state index contributed by atoms with van der Waals surface area (Å²) in [6.07, 6.45) is -2.74. The summed E-state index contributed by atoms with van der Waals surface area (Å²) < 4.78 is 52.0. The summed E-state index contributed by atoms with van der Waals surface area (Å²) in [6.45, 7) is 1.67. The Hall–Kier alpha value is -3.69. The number of halogens is 4. The molecule has 10 heteroatoms. The van der Waals surface area contributed by atoms with E-state index >= 15 is 0 Å². The topological polar surface area (TPSA) is 82.2 Å². The Morgan fingerprint density at radius 2 is 1.84 bits per heavy atom. The van der Waals surface area contributed by atoms with Crippen molar-refractivity contribution in [1.82, 2.24) is 15.5 Å². The van der Waals surface area contributed by atoms with Gasteiger partial charge in [0.05, 0.1) is 17.3 Å². The van der Waals surface area contributed by atoms with Crippen molar-refractivity contribution in [3.05, 3.63) is 71.0 Å². The van der Waals surface area contributed by atoms with Gasteiger partial charge in [-0.15, -0.1) is 0 Å². The van der Waals surface area contributed by atoms with E-state index in [0.29, 0.717) is 22.6 Å². The van der Waals surface area contributed by atoms with Crippen molar-refractivity contribution in [2.45, 2.75) is 32.0 Å². The van der Waals surface area contributed by atoms with Crippen LogP contribution in [-0.2, 0) is 6.18 Å². The number of H-pyrrole nitrogens is 1. The van der Waals surface area contributed by atoms with Crippen LogP contribution in [0.15, 0.2) is 53.5 Å². The number of hydrogen-bond acceptors (Lipinski definition) is 3. The maximum Gasteiger partial charge on any atom is 0.416 e. The van der Waals surface area contributed by atoms with Crippen LogP contribution < -0.4 is 10.6 Å². The Morgan fingerprint density at radius 1 is 1.12 bits per heavy atom. The molecule has 1 amide bonds. The van der Waals surface area contributed by atoms with Crippen LogP contribution in [0.2, 0.25) is 0 Å². The second kappa shape index (κ2) is 8.45. The van der Waals surface area contributed by atoms with E-state index in [2.05, 4.69) is 25.8 Å². The first-order valence-electron chi connectivity index (χ1n) is 9.84. The molecule has 32 heavy (non-hydrogen) atoms. The molecule has 1 aliphatic carbocycles. The molecule has 1 heterocycles. The highest BCUT2D eigenvalue weighted by Gasteiger charge is 2.30. The van der Waals surface area contributed by atoms with Crippen molar-refractivity contribution in [1.29, 1.82) is 0 Å². The monoisotopic (exact) mass is 445 g/mol. The molecule has 1 saturated carbocycles. The number of amides is 1. The largest absolute Gasteiger partial charge is 0.416 e. The summed E-state index contributed by atoms with van der Waals surface area (Å²) in [5, 5.41) is 12.4. The first kappa shape index (κ1) is 21.5. The lowest BCUT2D eigenvalue weighted by Crippen LogP contribution is -2.36. The lowest BCUT2D eigenvalue weighted by atomic mass is 10.1. The van der Waals surface area contributed by atoms with Crippen molar-refractivity contribution >= 4 is 17.7 Å². The van der Waals surface area contributed by atoms with Crippen molar-refractivity contribution in [3.8, 4) is 11.3 Å². The third kappa shape index (κ3) is 5.13. The smallest absolute Gasteiger partial charge is 0.309 e. The molecule has 1 aromatic heterocycles. The van der Waals surface area contributed by atoms with E-state index in [0.717, 1.165) is 37.1 Å². The van der Waals surface area contributed by atoms with Gasteiger partial charge in [-0.25, -0.2) is 9.38 Å². The Kier molecular flexibility index (Phi) is 5.68. The van der Waals surface area contributed by atoms with Gasteiger partial charge in [0.1, 0.15) is 5.82 Å². The highest BCUT2D eigenvalue weighted by molar-refractivity contribution is 6.09. The fraction of sp³-hybridized carbons (Fsp3) is 0.227. The molecule has 2 aromatic carbocycles. The molecule has 0 spiro atoms. The van der Waals surface area contributed by atoms with E-state index in [9.17, 15) is 22.4 Å². The first-order valence-corrected chi connectivity index (χ1v) is 9.84. The van der Waals surface area contributed by atoms with Crippen LogP contribution >= 0.6 is 0 Å². The number of carbonyl (C=O) groups excluding carboxylic acids is 1. The maximum atomic E-state index is 13.8. The van der Waals surface area contributed by atoms with E-state index in [1.54, 1.807) is 25.1 Å². The summed E-state index contributed by atoms with van der Waals surface area (Å²) in [7, 11) is 0. The molecule has 1 fully saturated rings. The summed E-state index contributed by atoms with van der Waals surface area (Å²) in [5.74, 6) is -0.480. The molecule has 0 saturated heterocycles. The number of aromatic nitrogens is 2. The predicted molar refractivity (Wildman–Crippen MR) is 112 cm³/mol. The first-order chi connectivity index (χ1) is 15.2. The van der Waals surface area contributed by atoms with Crippen LogP contribution in [-0.4, -0.2) is 28.1 Å². The Bertz CT molecular complexity index is 1160. The number of carbonyl (C=O) groups is 1. The lowest BCUT2D eigenvalue weighted by molar-refractivity contribution is -0.137. The number of benzene rings is 2. The average molecular weight is 445 g/mol. The van der Waals surface area contributed by atoms with E-state index in [4.69, 9.17) is 0 Å². The SMILES string of the molecule is Cc1ccc(-c2cc(NC(=NC3CC3)NC(=O)c3ccc(C(F)(F)F)cc3)n[nH]2)cc1F. The van der Waals surface area contributed by atoms with Gasteiger partial charge < -0.3 is 5.32 Å². The normalized spacial score (nSPS) is 14.3. The summed E-state index contributed by atoms with van der Waals surface area (Å²) >= 11 is 0. The number of rotatable bonds is 4. The zero-order valence-corrected chi connectivity index (χ0v) is 16.9. The van der Waals surface area contributed by atoms with Gasteiger partial charge in [0, 0.05) is 17.2 Å². The fourth-order valence-electron chi connectivity index (χ4n) is 2.89. The molecule has 3 N–H and O–H groups in total. The predicted octanol–water partition coefficient (Wildman–Crippen LogP) is 4.90. The van der Waals surface area contributed by atoms with Gasteiger partial charge in [-0.1, -0.05) is 12.1 Å².